The molecule has 18 heteroatoms. The maximum atomic E-state index is 5.81. The first kappa shape index (κ1) is 136. The van der Waals surface area contributed by atoms with E-state index in [1.54, 1.807) is 5.56 Å². The first-order valence-corrected chi connectivity index (χ1v) is 62.5. The minimum absolute atomic E-state index is 0.274. The summed E-state index contributed by atoms with van der Waals surface area (Å²) in [6.45, 7) is 120. The van der Waals surface area contributed by atoms with Crippen LogP contribution in [0.4, 0.5) is 0 Å². The van der Waals surface area contributed by atoms with Crippen LogP contribution in [0, 0.1) is 35.5 Å². The predicted molar refractivity (Wildman–Crippen MR) is 641 cm³/mol. The highest BCUT2D eigenvalue weighted by Crippen LogP contribution is 2.46. The van der Waals surface area contributed by atoms with Crippen LogP contribution in [0.3, 0.4) is 0 Å². The molecule has 0 aromatic heterocycles. The molecule has 0 radical (unpaired) electrons. The lowest BCUT2D eigenvalue weighted by Crippen LogP contribution is -2.69. The van der Waals surface area contributed by atoms with Gasteiger partial charge >= 0.3 is 0 Å². The van der Waals surface area contributed by atoms with Crippen molar-refractivity contribution in [2.45, 2.75) is 587 Å². The number of ether oxygens (including phenoxy) is 1. The zero-order valence-corrected chi connectivity index (χ0v) is 105. The average molecular weight is 2040 g/mol. The molecule has 3 saturated carbocycles. The molecule has 858 valence electrons. The number of piperidine rings is 3. The van der Waals surface area contributed by atoms with Gasteiger partial charge in [0.05, 0.1) is 13.2 Å². The van der Waals surface area contributed by atoms with Gasteiger partial charge in [0.2, 0.25) is 0 Å². The number of fused-ring (bicyclic) bond motifs is 4. The van der Waals surface area contributed by atoms with Crippen LogP contribution in [0.15, 0.2) is 24.3 Å². The van der Waals surface area contributed by atoms with Crippen LogP contribution in [0.25, 0.3) is 0 Å². The third-order valence-electron chi connectivity index (χ3n) is 35.7. The molecule has 13 aliphatic heterocycles. The third-order valence-corrected chi connectivity index (χ3v) is 35.7. The van der Waals surface area contributed by atoms with E-state index in [0.717, 1.165) is 167 Å². The van der Waals surface area contributed by atoms with Gasteiger partial charge in [-0.05, 0) is 489 Å². The second-order valence-corrected chi connectivity index (χ2v) is 54.3. The van der Waals surface area contributed by atoms with Crippen LogP contribution in [-0.2, 0) is 17.7 Å². The van der Waals surface area contributed by atoms with Gasteiger partial charge in [0.15, 0.2) is 0 Å². The molecule has 1 aromatic carbocycles. The third kappa shape index (κ3) is 51.6. The molecule has 10 atom stereocenters. The number of nitrogens with two attached hydrogens (primary N) is 1. The molecule has 0 spiro atoms. The topological polar surface area (TPSA) is 113 Å². The monoisotopic (exact) mass is 2040 g/mol. The lowest BCUT2D eigenvalue weighted by Gasteiger charge is -2.55. The first-order chi connectivity index (χ1) is 68.2. The van der Waals surface area contributed by atoms with Crippen molar-refractivity contribution in [1.82, 2.24) is 79.6 Å². The van der Waals surface area contributed by atoms with Crippen LogP contribution in [0.2, 0.25) is 0 Å². The summed E-state index contributed by atoms with van der Waals surface area (Å²) in [5.74, 6) is 5.66. The Morgan fingerprint density at radius 1 is 0.372 bits per heavy atom. The summed E-state index contributed by atoms with van der Waals surface area (Å²) in [6, 6.07) is 22.1. The van der Waals surface area contributed by atoms with Gasteiger partial charge < -0.3 is 55.8 Å². The number of likely N-dealkylation sites (tertiary alicyclic amines) is 9. The molecule has 16 aliphatic rings. The van der Waals surface area contributed by atoms with Gasteiger partial charge in [-0.25, -0.2) is 0 Å². The highest BCUT2D eigenvalue weighted by molar-refractivity contribution is 5.29. The van der Waals surface area contributed by atoms with Crippen molar-refractivity contribution >= 4 is 0 Å². The van der Waals surface area contributed by atoms with Gasteiger partial charge in [-0.2, -0.15) is 0 Å². The van der Waals surface area contributed by atoms with Gasteiger partial charge in [0.25, 0.3) is 0 Å². The zero-order valence-electron chi connectivity index (χ0n) is 105. The fourth-order valence-corrected chi connectivity index (χ4v) is 27.4. The van der Waals surface area contributed by atoms with Gasteiger partial charge in [0, 0.05) is 216 Å². The summed E-state index contributed by atoms with van der Waals surface area (Å²) in [5, 5.41) is 10.5. The summed E-state index contributed by atoms with van der Waals surface area (Å²) in [6.07, 6.45) is 39.6. The van der Waals surface area contributed by atoms with E-state index in [1.165, 1.54) is 290 Å². The van der Waals surface area contributed by atoms with Crippen molar-refractivity contribution in [3.63, 3.8) is 0 Å². The Morgan fingerprint density at radius 3 is 1.08 bits per heavy atom. The standard InChI is InChI=1S/C12H17N.C12H25N.C11H24N2.C10H19N.C10H21N.3C9H19N.C8H16N2.2C8H17N.C7H16N2.C7H15NO.C7H15N/c1-10(2)13-8-7-11-5-3-4-6-12(11)9-13;1-10(2)13-11(3,4)8-7-9-12(13,5)6;1-9(2)13-10(3,4)7-12-8-11(13,5)6;1-7(2)11-10-6-8-3-4-9(10)5-8;1-10(2)11-8-6-4-3-5-7-9-11;1-7(2)10-8(3)5-6-9(10)4;1-9(2)10-7-5-3-4-6-8-10;1-4-9-6-5-7-10(9)8(2)3;1-5(2)10-3-6-7(4-10)8(6)9;1-7(2)8-4-5-9(3)6-8;1-8(2)9-6-4-3-5-7-9;1-7(2)9-5-3-8-4-6-9;1-7(2)8-3-5-9-6-4-8;1-7(2)8-5-3-4-6-8/h3-6,10H,7-9H2,1-2H3;10H,7-9H2,1-6H3;9,12H,7-8H2,1-6H3;7-11H,3-6H2,1-2H3;10H,3-9H2,1-2H3;7-9H,5-6H2,1-4H3;9H,3-8H2,1-2H3;8-9H,4-7H2,1-3H3;5-8H,3-4,9H2,1-2H3;7-8H,4-6H2,1-3H3;8H,3-7H2,1-2H3;7-8H,3-6H2,1-2H3;7H,3-6H2,1-2H3;7H,3-6H2,1-2H3/t;;;;;;;;6-,7+,8?;;;;;. The van der Waals surface area contributed by atoms with Crippen LogP contribution >= 0.6 is 0 Å². The molecule has 18 nitrogen and oxygen atoms in total. The minimum Gasteiger partial charge on any atom is -0.379 e. The maximum absolute atomic E-state index is 5.81. The molecular weight excluding hydrogens is 1780 g/mol. The number of hydrogen-bond acceptors (Lipinski definition) is 18. The Balaban J connectivity index is 0.000000326. The average Bonchev–Trinajstić information content (AvgIpc) is 1.59. The molecule has 5 N–H and O–H groups in total. The second kappa shape index (κ2) is 71.0. The van der Waals surface area contributed by atoms with E-state index < -0.39 is 0 Å². The van der Waals surface area contributed by atoms with E-state index in [-0.39, 0.29) is 11.1 Å². The summed E-state index contributed by atoms with van der Waals surface area (Å²) in [7, 11) is 2.21. The molecule has 12 saturated heterocycles. The molecule has 2 bridgehead atoms. The van der Waals surface area contributed by atoms with Crippen molar-refractivity contribution < 1.29 is 4.74 Å². The molecule has 1 aromatic rings. The lowest BCUT2D eigenvalue weighted by atomic mass is 9.79. The van der Waals surface area contributed by atoms with Crippen LogP contribution in [0.5, 0.6) is 0 Å². The first-order valence-electron chi connectivity index (χ1n) is 62.5. The number of hydrogen-bond donors (Lipinski definition) is 4. The Kier molecular flexibility index (Phi) is 66.5. The molecule has 15 fully saturated rings. The SMILES string of the molecule is CC(C)C1CCN(C)C1.CC(C)N1C(C)(C)CCCC1(C)C.CC(C)N1C(C)(C)CNCC1(C)C.CC(C)N1C(C)CCC1C.CC(C)N1CCCC1.CC(C)N1CCCCC1.CC(C)N1CCCCCC1.CC(C)N1CCCCCCC1.CC(C)N1CCNCC1.CC(C)N1CCOCC1.CC(C)N1CCc2ccccc2C1.CC(C)N1C[C@@H]2C(N)[C@@H]2C1.CC(C)NC1CC2CCC1C2.CCC1CCCN1C(C)C. The Bertz CT molecular complexity index is 3130. The molecule has 13 heterocycles. The van der Waals surface area contributed by atoms with Crippen molar-refractivity contribution in [3.05, 3.63) is 35.4 Å². The molecule has 17 rings (SSSR count). The molecule has 0 amide bonds. The largest absolute Gasteiger partial charge is 0.379 e. The molecule has 8 unspecified atom stereocenters. The lowest BCUT2D eigenvalue weighted by molar-refractivity contribution is -0.0508. The minimum atomic E-state index is 0.274. The summed E-state index contributed by atoms with van der Waals surface area (Å²) >= 11 is 0. The number of rotatable bonds is 16. The molecular formula is C127H259N17O. The Hall–Kier alpha value is -1.50. The number of piperazine rings is 2. The zero-order chi connectivity index (χ0) is 109. The van der Waals surface area contributed by atoms with E-state index in [2.05, 4.69) is 381 Å². The fourth-order valence-electron chi connectivity index (χ4n) is 27.4. The van der Waals surface area contributed by atoms with E-state index in [0.29, 0.717) is 47.3 Å². The highest BCUT2D eigenvalue weighted by Gasteiger charge is 2.54. The van der Waals surface area contributed by atoms with Gasteiger partial charge in [-0.3, -0.25) is 34.3 Å². The van der Waals surface area contributed by atoms with E-state index >= 15 is 0 Å². The van der Waals surface area contributed by atoms with Crippen LogP contribution in [0.1, 0.15) is 455 Å². The van der Waals surface area contributed by atoms with Crippen LogP contribution in [-0.4, -0.2) is 359 Å². The van der Waals surface area contributed by atoms with Gasteiger partial charge in [0.1, 0.15) is 0 Å². The number of nitrogens with one attached hydrogen (secondary N) is 3. The molecule has 3 aliphatic carbocycles. The van der Waals surface area contributed by atoms with Crippen molar-refractivity contribution in [2.75, 3.05) is 164 Å². The van der Waals surface area contributed by atoms with Crippen molar-refractivity contribution in [3.8, 4) is 0 Å². The maximum Gasteiger partial charge on any atom is 0.0594 e. The van der Waals surface area contributed by atoms with E-state index in [1.807, 2.05) is 0 Å². The fraction of sp³-hybridized carbons (Fsp3) is 0.953. The van der Waals surface area contributed by atoms with Crippen LogP contribution < -0.4 is 21.7 Å². The van der Waals surface area contributed by atoms with Crippen molar-refractivity contribution in [2.24, 2.45) is 41.2 Å². The quantitative estimate of drug-likeness (QED) is 0.126. The summed E-state index contributed by atoms with van der Waals surface area (Å²) < 4.78 is 5.21. The van der Waals surface area contributed by atoms with E-state index in [9.17, 15) is 0 Å². The Morgan fingerprint density at radius 2 is 0.766 bits per heavy atom. The van der Waals surface area contributed by atoms with Gasteiger partial charge in [-0.15, -0.1) is 0 Å². The number of benzene rings is 1. The molecule has 145 heavy (non-hydrogen) atoms. The number of morpholine rings is 1. The summed E-state index contributed by atoms with van der Waals surface area (Å²) in [4.78, 5) is 33.2. The van der Waals surface area contributed by atoms with Crippen molar-refractivity contribution in [1.29, 1.82) is 0 Å². The Labute approximate surface area is 907 Å². The van der Waals surface area contributed by atoms with E-state index in [4.69, 9.17) is 10.5 Å². The predicted octanol–water partition coefficient (Wildman–Crippen LogP) is 25.7. The summed E-state index contributed by atoms with van der Waals surface area (Å²) in [5.41, 5.74) is 10.2. The van der Waals surface area contributed by atoms with Gasteiger partial charge in [-0.1, -0.05) is 104 Å². The smallest absolute Gasteiger partial charge is 0.0594 e. The highest BCUT2D eigenvalue weighted by atomic mass is 16.5. The normalized spacial score (nSPS) is 28.1. The number of nitrogens with zero attached hydrogens (tertiary/aromatic N) is 13. The second-order valence-electron chi connectivity index (χ2n) is 54.3.